The Morgan fingerprint density at radius 3 is 2.38 bits per heavy atom. The molecule has 21 heavy (non-hydrogen) atoms. The van der Waals surface area contributed by atoms with Crippen molar-refractivity contribution >= 4 is 23.3 Å². The van der Waals surface area contributed by atoms with Gasteiger partial charge in [0.1, 0.15) is 0 Å². The van der Waals surface area contributed by atoms with Gasteiger partial charge < -0.3 is 15.5 Å². The first-order valence-electron chi connectivity index (χ1n) is 6.63. The molecule has 1 fully saturated rings. The zero-order valence-corrected chi connectivity index (χ0v) is 11.4. The maximum absolute atomic E-state index is 11.7. The molecule has 0 radical (unpaired) electrons. The van der Waals surface area contributed by atoms with Gasteiger partial charge in [-0.3, -0.25) is 14.9 Å². The van der Waals surface area contributed by atoms with E-state index in [0.717, 1.165) is 25.9 Å². The molecular weight excluding hydrogens is 276 g/mol. The first-order valence-corrected chi connectivity index (χ1v) is 6.63. The van der Waals surface area contributed by atoms with Gasteiger partial charge in [-0.25, -0.2) is 4.79 Å². The van der Waals surface area contributed by atoms with Crippen LogP contribution in [0.4, 0.5) is 16.2 Å². The van der Waals surface area contributed by atoms with Crippen LogP contribution in [-0.2, 0) is 4.79 Å². The second-order valence-corrected chi connectivity index (χ2v) is 4.70. The van der Waals surface area contributed by atoms with Gasteiger partial charge in [0.15, 0.2) is 0 Å². The third-order valence-electron chi connectivity index (χ3n) is 3.19. The van der Waals surface area contributed by atoms with Gasteiger partial charge in [-0.1, -0.05) is 0 Å². The summed E-state index contributed by atoms with van der Waals surface area (Å²) in [4.78, 5) is 35.1. The number of nitrogens with zero attached hydrogens (tertiary/aromatic N) is 2. The molecule has 8 nitrogen and oxygen atoms in total. The Hall–Kier alpha value is -2.64. The van der Waals surface area contributed by atoms with Gasteiger partial charge in [-0.05, 0) is 25.0 Å². The Bertz CT molecular complexity index is 538. The molecule has 3 amide bonds. The van der Waals surface area contributed by atoms with E-state index < -0.39 is 11.0 Å². The van der Waals surface area contributed by atoms with Crippen molar-refractivity contribution < 1.29 is 14.5 Å². The van der Waals surface area contributed by atoms with Gasteiger partial charge in [-0.2, -0.15) is 0 Å². The average molecular weight is 292 g/mol. The number of carbonyl (C=O) groups is 2. The minimum absolute atomic E-state index is 0.0508. The number of carbonyl (C=O) groups excluding carboxylic acids is 2. The normalized spacial score (nSPS) is 13.8. The summed E-state index contributed by atoms with van der Waals surface area (Å²) in [5, 5.41) is 15.5. The third kappa shape index (κ3) is 4.16. The molecule has 0 spiro atoms. The van der Waals surface area contributed by atoms with Gasteiger partial charge in [0.05, 0.1) is 11.5 Å². The zero-order chi connectivity index (χ0) is 15.2. The van der Waals surface area contributed by atoms with E-state index in [-0.39, 0.29) is 18.1 Å². The highest BCUT2D eigenvalue weighted by Crippen LogP contribution is 2.15. The van der Waals surface area contributed by atoms with Crippen LogP contribution in [0.5, 0.6) is 0 Å². The lowest BCUT2D eigenvalue weighted by Crippen LogP contribution is -2.40. The number of urea groups is 1. The molecule has 0 aliphatic carbocycles. The van der Waals surface area contributed by atoms with Gasteiger partial charge in [0.2, 0.25) is 5.91 Å². The predicted octanol–water partition coefficient (Wildman–Crippen LogP) is 1.34. The van der Waals surface area contributed by atoms with Gasteiger partial charge in [0, 0.05) is 30.9 Å². The van der Waals surface area contributed by atoms with Gasteiger partial charge in [0.25, 0.3) is 5.69 Å². The van der Waals surface area contributed by atoms with E-state index in [2.05, 4.69) is 10.6 Å². The van der Waals surface area contributed by atoms with Crippen LogP contribution in [0.25, 0.3) is 0 Å². The number of rotatable bonds is 4. The number of nitrogens with one attached hydrogen (secondary N) is 2. The topological polar surface area (TPSA) is 105 Å². The van der Waals surface area contributed by atoms with Crippen molar-refractivity contribution in [2.24, 2.45) is 0 Å². The zero-order valence-electron chi connectivity index (χ0n) is 11.4. The number of benzene rings is 1. The van der Waals surface area contributed by atoms with Crippen molar-refractivity contribution in [3.05, 3.63) is 34.4 Å². The van der Waals surface area contributed by atoms with Crippen LogP contribution >= 0.6 is 0 Å². The van der Waals surface area contributed by atoms with Crippen LogP contribution < -0.4 is 10.6 Å². The molecule has 0 bridgehead atoms. The number of nitro benzene ring substituents is 1. The maximum Gasteiger partial charge on any atom is 0.319 e. The number of hydrogen-bond acceptors (Lipinski definition) is 4. The number of hydrogen-bond donors (Lipinski definition) is 2. The minimum Gasteiger partial charge on any atom is -0.341 e. The summed E-state index contributed by atoms with van der Waals surface area (Å²) in [6, 6.07) is 4.94. The molecule has 1 heterocycles. The number of amides is 3. The number of nitro groups is 1. The van der Waals surface area contributed by atoms with E-state index in [1.807, 2.05) is 0 Å². The minimum atomic E-state index is -0.517. The summed E-state index contributed by atoms with van der Waals surface area (Å²) in [5.74, 6) is -0.105. The van der Waals surface area contributed by atoms with Crippen molar-refractivity contribution in [3.63, 3.8) is 0 Å². The SMILES string of the molecule is O=C(NCC(=O)N1CCCC1)Nc1ccc([N+](=O)[O-])cc1. The molecule has 1 aliphatic heterocycles. The molecule has 112 valence electrons. The van der Waals surface area contributed by atoms with E-state index in [1.54, 1.807) is 4.90 Å². The smallest absolute Gasteiger partial charge is 0.319 e. The Morgan fingerprint density at radius 1 is 1.19 bits per heavy atom. The second kappa shape index (κ2) is 6.69. The first-order chi connectivity index (χ1) is 10.1. The molecule has 8 heteroatoms. The molecule has 0 atom stereocenters. The second-order valence-electron chi connectivity index (χ2n) is 4.70. The van der Waals surface area contributed by atoms with Crippen molar-refractivity contribution in [2.75, 3.05) is 25.0 Å². The van der Waals surface area contributed by atoms with Crippen molar-refractivity contribution in [1.82, 2.24) is 10.2 Å². The number of anilines is 1. The standard InChI is InChI=1S/C13H16N4O4/c18-12(16-7-1-2-8-16)9-14-13(19)15-10-3-5-11(6-4-10)17(20)21/h3-6H,1-2,7-9H2,(H2,14,15,19). The highest BCUT2D eigenvalue weighted by Gasteiger charge is 2.18. The van der Waals surface area contributed by atoms with Crippen molar-refractivity contribution in [1.29, 1.82) is 0 Å². The molecule has 1 aliphatic rings. The molecule has 1 saturated heterocycles. The van der Waals surface area contributed by atoms with E-state index in [4.69, 9.17) is 0 Å². The van der Waals surface area contributed by atoms with Crippen LogP contribution in [0.3, 0.4) is 0 Å². The van der Waals surface area contributed by atoms with Gasteiger partial charge >= 0.3 is 6.03 Å². The molecule has 1 aromatic carbocycles. The lowest BCUT2D eigenvalue weighted by molar-refractivity contribution is -0.384. The molecule has 0 aromatic heterocycles. The van der Waals surface area contributed by atoms with Crippen LogP contribution in [0.1, 0.15) is 12.8 Å². The summed E-state index contributed by atoms with van der Waals surface area (Å²) in [6.45, 7) is 1.42. The Morgan fingerprint density at radius 2 is 1.81 bits per heavy atom. The molecule has 1 aromatic rings. The third-order valence-corrected chi connectivity index (χ3v) is 3.19. The first kappa shape index (κ1) is 14.8. The quantitative estimate of drug-likeness (QED) is 0.645. The average Bonchev–Trinajstić information content (AvgIpc) is 2.99. The fourth-order valence-corrected chi connectivity index (χ4v) is 2.08. The summed E-state index contributed by atoms with van der Waals surface area (Å²) in [7, 11) is 0. The lowest BCUT2D eigenvalue weighted by atomic mass is 10.3. The molecule has 0 saturated carbocycles. The Balaban J connectivity index is 1.78. The van der Waals surface area contributed by atoms with Gasteiger partial charge in [-0.15, -0.1) is 0 Å². The van der Waals surface area contributed by atoms with Crippen LogP contribution in [0.2, 0.25) is 0 Å². The summed E-state index contributed by atoms with van der Waals surface area (Å²) in [6.07, 6.45) is 2.00. The Kier molecular flexibility index (Phi) is 4.70. The molecule has 0 unspecified atom stereocenters. The number of likely N-dealkylation sites (tertiary alicyclic amines) is 1. The van der Waals surface area contributed by atoms with Crippen LogP contribution in [0.15, 0.2) is 24.3 Å². The van der Waals surface area contributed by atoms with E-state index in [0.29, 0.717) is 5.69 Å². The van der Waals surface area contributed by atoms with Crippen molar-refractivity contribution in [2.45, 2.75) is 12.8 Å². The summed E-state index contributed by atoms with van der Waals surface area (Å²) in [5.41, 5.74) is 0.372. The summed E-state index contributed by atoms with van der Waals surface area (Å²) >= 11 is 0. The maximum atomic E-state index is 11.7. The monoisotopic (exact) mass is 292 g/mol. The van der Waals surface area contributed by atoms with E-state index >= 15 is 0 Å². The largest absolute Gasteiger partial charge is 0.341 e. The summed E-state index contributed by atoms with van der Waals surface area (Å²) < 4.78 is 0. The Labute approximate surface area is 121 Å². The van der Waals surface area contributed by atoms with Crippen LogP contribution in [-0.4, -0.2) is 41.4 Å². The fraction of sp³-hybridized carbons (Fsp3) is 0.385. The van der Waals surface area contributed by atoms with E-state index in [1.165, 1.54) is 24.3 Å². The predicted molar refractivity (Wildman–Crippen MR) is 75.9 cm³/mol. The van der Waals surface area contributed by atoms with Crippen LogP contribution in [0, 0.1) is 10.1 Å². The molecule has 2 rings (SSSR count). The molecular formula is C13H16N4O4. The van der Waals surface area contributed by atoms with Crippen molar-refractivity contribution in [3.8, 4) is 0 Å². The highest BCUT2D eigenvalue weighted by molar-refractivity contribution is 5.92. The number of non-ortho nitro benzene ring substituents is 1. The lowest BCUT2D eigenvalue weighted by Gasteiger charge is -2.15. The highest BCUT2D eigenvalue weighted by atomic mass is 16.6. The van der Waals surface area contributed by atoms with E-state index in [9.17, 15) is 19.7 Å². The fourth-order valence-electron chi connectivity index (χ4n) is 2.08. The molecule has 2 N–H and O–H groups in total.